The smallest absolute Gasteiger partial charge is 0.312 e. The van der Waals surface area contributed by atoms with E-state index in [1.807, 2.05) is 48.8 Å². The summed E-state index contributed by atoms with van der Waals surface area (Å²) in [5.41, 5.74) is 6.64. The highest BCUT2D eigenvalue weighted by molar-refractivity contribution is 5.86. The van der Waals surface area contributed by atoms with Crippen molar-refractivity contribution in [2.24, 2.45) is 11.7 Å². The van der Waals surface area contributed by atoms with Gasteiger partial charge in [-0.15, -0.1) is 0 Å². The molecular weight excluding hydrogens is 270 g/mol. The van der Waals surface area contributed by atoms with Crippen LogP contribution in [0.1, 0.15) is 19.5 Å². The normalized spacial score (nSPS) is 12.3. The van der Waals surface area contributed by atoms with E-state index in [-0.39, 0.29) is 11.8 Å². The number of imidazole rings is 1. The first-order valence-corrected chi connectivity index (χ1v) is 6.73. The summed E-state index contributed by atoms with van der Waals surface area (Å²) in [5.74, 6) is -0.334. The lowest BCUT2D eigenvalue weighted by Gasteiger charge is -2.20. The zero-order valence-corrected chi connectivity index (χ0v) is 12.0. The number of hydrogen-bond acceptors (Lipinski definition) is 3. The molecule has 0 unspecified atom stereocenters. The van der Waals surface area contributed by atoms with Crippen LogP contribution in [-0.2, 0) is 11.3 Å². The fraction of sp³-hybridized carbons (Fsp3) is 0.357. The predicted molar refractivity (Wildman–Crippen MR) is 78.4 cm³/mol. The number of carbonyl (C=O) groups excluding carboxylic acids is 2. The van der Waals surface area contributed by atoms with Gasteiger partial charge in [0.2, 0.25) is 5.91 Å². The molecule has 2 aromatic rings. The molecule has 0 aliphatic rings. The van der Waals surface area contributed by atoms with Crippen LogP contribution < -0.4 is 16.4 Å². The molecule has 7 nitrogen and oxygen atoms in total. The van der Waals surface area contributed by atoms with Gasteiger partial charge in [-0.2, -0.15) is 0 Å². The molecule has 0 aromatic carbocycles. The number of nitrogens with two attached hydrogens (primary N) is 1. The van der Waals surface area contributed by atoms with Crippen molar-refractivity contribution in [3.63, 3.8) is 0 Å². The second kappa shape index (κ2) is 6.25. The monoisotopic (exact) mass is 289 g/mol. The zero-order chi connectivity index (χ0) is 15.4. The van der Waals surface area contributed by atoms with Crippen LogP contribution >= 0.6 is 0 Å². The number of nitrogens with zero attached hydrogens (tertiary/aromatic N) is 2. The Morgan fingerprint density at radius 2 is 2.14 bits per heavy atom. The third-order valence-electron chi connectivity index (χ3n) is 3.10. The Balaban J connectivity index is 2.00. The van der Waals surface area contributed by atoms with Crippen LogP contribution in [0.2, 0.25) is 0 Å². The maximum atomic E-state index is 12.1. The van der Waals surface area contributed by atoms with Crippen molar-refractivity contribution in [2.75, 3.05) is 0 Å². The predicted octanol–water partition coefficient (Wildman–Crippen LogP) is 0.643. The molecule has 4 N–H and O–H groups in total. The van der Waals surface area contributed by atoms with E-state index in [1.54, 1.807) is 0 Å². The molecule has 0 spiro atoms. The molecule has 2 rings (SSSR count). The van der Waals surface area contributed by atoms with Crippen molar-refractivity contribution >= 4 is 17.6 Å². The molecular formula is C14H19N5O2. The van der Waals surface area contributed by atoms with Gasteiger partial charge in [0.15, 0.2) is 0 Å². The second-order valence-corrected chi connectivity index (χ2v) is 5.15. The van der Waals surface area contributed by atoms with Crippen LogP contribution in [0.4, 0.5) is 4.79 Å². The fourth-order valence-electron chi connectivity index (χ4n) is 2.05. The SMILES string of the molecule is CC(C)[C@H](NC(N)=O)C(=O)NCc1cn2ccccc2n1. The van der Waals surface area contributed by atoms with Gasteiger partial charge in [-0.25, -0.2) is 9.78 Å². The van der Waals surface area contributed by atoms with Crippen molar-refractivity contribution in [1.29, 1.82) is 0 Å². The van der Waals surface area contributed by atoms with E-state index in [9.17, 15) is 9.59 Å². The number of hydrogen-bond donors (Lipinski definition) is 3. The third kappa shape index (κ3) is 3.71. The lowest BCUT2D eigenvalue weighted by Crippen LogP contribution is -2.51. The number of fused-ring (bicyclic) bond motifs is 1. The third-order valence-corrected chi connectivity index (χ3v) is 3.10. The Hall–Kier alpha value is -2.57. The summed E-state index contributed by atoms with van der Waals surface area (Å²) < 4.78 is 1.88. The first-order chi connectivity index (χ1) is 9.97. The molecule has 2 heterocycles. The van der Waals surface area contributed by atoms with Gasteiger partial charge in [-0.05, 0) is 18.1 Å². The Bertz CT molecular complexity index is 617. The number of urea groups is 1. The summed E-state index contributed by atoms with van der Waals surface area (Å²) in [6.07, 6.45) is 3.74. The van der Waals surface area contributed by atoms with E-state index in [2.05, 4.69) is 15.6 Å². The number of primary amides is 1. The van der Waals surface area contributed by atoms with Crippen LogP contribution in [-0.4, -0.2) is 27.4 Å². The minimum Gasteiger partial charge on any atom is -0.352 e. The molecule has 0 bridgehead atoms. The van der Waals surface area contributed by atoms with Crippen LogP contribution in [0.15, 0.2) is 30.6 Å². The lowest BCUT2D eigenvalue weighted by molar-refractivity contribution is -0.124. The van der Waals surface area contributed by atoms with Crippen LogP contribution in [0.5, 0.6) is 0 Å². The molecule has 0 fully saturated rings. The van der Waals surface area contributed by atoms with E-state index in [0.717, 1.165) is 11.3 Å². The highest BCUT2D eigenvalue weighted by Gasteiger charge is 2.23. The maximum Gasteiger partial charge on any atom is 0.312 e. The molecule has 112 valence electrons. The molecule has 0 aliphatic heterocycles. The number of rotatable bonds is 5. The van der Waals surface area contributed by atoms with Gasteiger partial charge in [-0.1, -0.05) is 19.9 Å². The van der Waals surface area contributed by atoms with Gasteiger partial charge in [0.1, 0.15) is 11.7 Å². The first kappa shape index (κ1) is 14.8. The average Bonchev–Trinajstić information content (AvgIpc) is 2.84. The molecule has 21 heavy (non-hydrogen) atoms. The van der Waals surface area contributed by atoms with Crippen molar-refractivity contribution < 1.29 is 9.59 Å². The molecule has 2 aromatic heterocycles. The number of nitrogens with one attached hydrogen (secondary N) is 2. The Labute approximate surface area is 122 Å². The quantitative estimate of drug-likeness (QED) is 0.753. The molecule has 3 amide bonds. The van der Waals surface area contributed by atoms with E-state index in [1.165, 1.54) is 0 Å². The first-order valence-electron chi connectivity index (χ1n) is 6.73. The topological polar surface area (TPSA) is 102 Å². The van der Waals surface area contributed by atoms with Crippen LogP contribution in [0.3, 0.4) is 0 Å². The van der Waals surface area contributed by atoms with Gasteiger partial charge >= 0.3 is 6.03 Å². The van der Waals surface area contributed by atoms with Gasteiger partial charge < -0.3 is 20.8 Å². The standard InChI is InChI=1S/C14H19N5O2/c1-9(2)12(18-14(15)21)13(20)16-7-10-8-19-6-4-3-5-11(19)17-10/h3-6,8-9,12H,7H2,1-2H3,(H,16,20)(H3,15,18,21)/t12-/m0/s1. The zero-order valence-electron chi connectivity index (χ0n) is 12.0. The van der Waals surface area contributed by atoms with Crippen LogP contribution in [0, 0.1) is 5.92 Å². The Morgan fingerprint density at radius 3 is 2.76 bits per heavy atom. The van der Waals surface area contributed by atoms with Gasteiger partial charge in [0, 0.05) is 12.4 Å². The average molecular weight is 289 g/mol. The fourth-order valence-corrected chi connectivity index (χ4v) is 2.05. The minimum atomic E-state index is -0.711. The van der Waals surface area contributed by atoms with Crippen molar-refractivity contribution in [1.82, 2.24) is 20.0 Å². The molecule has 0 aliphatic carbocycles. The molecule has 0 saturated carbocycles. The summed E-state index contributed by atoms with van der Waals surface area (Å²) in [6, 6.07) is 4.33. The number of carbonyl (C=O) groups is 2. The van der Waals surface area contributed by atoms with E-state index >= 15 is 0 Å². The summed E-state index contributed by atoms with van der Waals surface area (Å²) in [5, 5.41) is 5.20. The number of aromatic nitrogens is 2. The molecule has 1 atom stereocenters. The van der Waals surface area contributed by atoms with E-state index in [4.69, 9.17) is 5.73 Å². The second-order valence-electron chi connectivity index (χ2n) is 5.15. The largest absolute Gasteiger partial charge is 0.352 e. The lowest BCUT2D eigenvalue weighted by atomic mass is 10.0. The number of pyridine rings is 1. The van der Waals surface area contributed by atoms with Crippen molar-refractivity contribution in [3.8, 4) is 0 Å². The summed E-state index contributed by atoms with van der Waals surface area (Å²) >= 11 is 0. The van der Waals surface area contributed by atoms with Crippen molar-refractivity contribution in [2.45, 2.75) is 26.4 Å². The molecule has 0 radical (unpaired) electrons. The Kier molecular flexibility index (Phi) is 4.42. The number of amides is 3. The van der Waals surface area contributed by atoms with Gasteiger partial charge in [0.05, 0.1) is 12.2 Å². The van der Waals surface area contributed by atoms with Gasteiger partial charge in [0.25, 0.3) is 0 Å². The summed E-state index contributed by atoms with van der Waals surface area (Å²) in [6.45, 7) is 3.97. The van der Waals surface area contributed by atoms with E-state index < -0.39 is 12.1 Å². The van der Waals surface area contributed by atoms with E-state index in [0.29, 0.717) is 6.54 Å². The Morgan fingerprint density at radius 1 is 1.38 bits per heavy atom. The summed E-state index contributed by atoms with van der Waals surface area (Å²) in [4.78, 5) is 27.4. The van der Waals surface area contributed by atoms with Crippen LogP contribution in [0.25, 0.3) is 5.65 Å². The minimum absolute atomic E-state index is 0.0569. The summed E-state index contributed by atoms with van der Waals surface area (Å²) in [7, 11) is 0. The highest BCUT2D eigenvalue weighted by atomic mass is 16.2. The highest BCUT2D eigenvalue weighted by Crippen LogP contribution is 2.05. The maximum absolute atomic E-state index is 12.1. The van der Waals surface area contributed by atoms with Gasteiger partial charge in [-0.3, -0.25) is 4.79 Å². The van der Waals surface area contributed by atoms with Crippen molar-refractivity contribution in [3.05, 3.63) is 36.3 Å². The molecule has 0 saturated heterocycles. The molecule has 7 heteroatoms.